The molecule has 1 aromatic carbocycles. The number of piperidine rings is 1. The largest absolute Gasteiger partial charge is 0.311 e. The highest BCUT2D eigenvalue weighted by Gasteiger charge is 2.50. The third-order valence-electron chi connectivity index (χ3n) is 4.66. The van der Waals surface area contributed by atoms with Crippen LogP contribution >= 0.6 is 0 Å². The van der Waals surface area contributed by atoms with Crippen molar-refractivity contribution < 1.29 is 4.68 Å². The van der Waals surface area contributed by atoms with Crippen LogP contribution in [-0.2, 0) is 12.5 Å². The summed E-state index contributed by atoms with van der Waals surface area (Å²) in [6.45, 7) is 4.46. The Bertz CT molecular complexity index is 579. The van der Waals surface area contributed by atoms with Gasteiger partial charge in [0.25, 0.3) is 0 Å². The minimum Gasteiger partial charge on any atom is -0.306 e. The maximum Gasteiger partial charge on any atom is 0.311 e. The number of tetrazole rings is 1. The molecule has 0 spiro atoms. The minimum absolute atomic E-state index is 0.0600. The maximum absolute atomic E-state index is 4.40. The van der Waals surface area contributed by atoms with Crippen molar-refractivity contribution in [1.29, 1.82) is 0 Å². The second-order valence-corrected chi connectivity index (χ2v) is 5.93. The van der Waals surface area contributed by atoms with E-state index in [-0.39, 0.29) is 5.41 Å². The average molecular weight is 272 g/mol. The van der Waals surface area contributed by atoms with Crippen LogP contribution < -0.4 is 4.68 Å². The summed E-state index contributed by atoms with van der Waals surface area (Å²) in [5.74, 6) is 1.52. The molecule has 1 saturated heterocycles. The van der Waals surface area contributed by atoms with Gasteiger partial charge in [-0.25, -0.2) is 0 Å². The van der Waals surface area contributed by atoms with Gasteiger partial charge in [-0.3, -0.25) is 0 Å². The van der Waals surface area contributed by atoms with Gasteiger partial charge in [0.1, 0.15) is 5.10 Å². The first-order valence-electron chi connectivity index (χ1n) is 7.16. The molecule has 0 aliphatic carbocycles. The highest BCUT2D eigenvalue weighted by Crippen LogP contribution is 2.42. The van der Waals surface area contributed by atoms with E-state index in [1.54, 1.807) is 0 Å². The Morgan fingerprint density at radius 3 is 2.70 bits per heavy atom. The molecule has 0 amide bonds. The molecule has 20 heavy (non-hydrogen) atoms. The predicted octanol–water partition coefficient (Wildman–Crippen LogP) is 0.887. The Morgan fingerprint density at radius 1 is 1.35 bits per heavy atom. The molecule has 2 aromatic rings. The van der Waals surface area contributed by atoms with Gasteiger partial charge in [-0.05, 0) is 31.5 Å². The molecule has 0 radical (unpaired) electrons. The molecule has 2 atom stereocenters. The number of rotatable bonds is 2. The van der Waals surface area contributed by atoms with Crippen LogP contribution in [0.3, 0.4) is 0 Å². The standard InChI is InChI=1S/C15H21N5/c1-12-11-19(2)10-9-15(12,13-7-5-4-6-8-13)14-16-17-18-20(14)3/h4-8,12H,9-11H2,1-3H3/p+1. The summed E-state index contributed by atoms with van der Waals surface area (Å²) >= 11 is 0. The first kappa shape index (κ1) is 13.2. The van der Waals surface area contributed by atoms with Crippen LogP contribution in [0, 0.1) is 5.92 Å². The third kappa shape index (κ3) is 1.93. The lowest BCUT2D eigenvalue weighted by atomic mass is 9.66. The second kappa shape index (κ2) is 4.98. The Hall–Kier alpha value is -1.75. The van der Waals surface area contributed by atoms with Crippen LogP contribution in [0.5, 0.6) is 0 Å². The predicted molar refractivity (Wildman–Crippen MR) is 76.1 cm³/mol. The van der Waals surface area contributed by atoms with Gasteiger partial charge in [0, 0.05) is 6.54 Å². The zero-order valence-electron chi connectivity index (χ0n) is 12.4. The van der Waals surface area contributed by atoms with Crippen molar-refractivity contribution in [2.75, 3.05) is 20.1 Å². The fourth-order valence-corrected chi connectivity index (χ4v) is 3.59. The number of aryl methyl sites for hydroxylation is 1. The summed E-state index contributed by atoms with van der Waals surface area (Å²) < 4.78 is 1.95. The van der Waals surface area contributed by atoms with E-state index in [9.17, 15) is 0 Å². The molecule has 2 heterocycles. The summed E-state index contributed by atoms with van der Waals surface area (Å²) in [5, 5.41) is 11.3. The lowest BCUT2D eigenvalue weighted by molar-refractivity contribution is -0.741. The van der Waals surface area contributed by atoms with E-state index in [2.05, 4.69) is 64.7 Å². The van der Waals surface area contributed by atoms with Crippen LogP contribution in [0.2, 0.25) is 0 Å². The molecule has 0 saturated carbocycles. The van der Waals surface area contributed by atoms with Crippen LogP contribution in [-0.4, -0.2) is 40.6 Å². The SMILES string of the molecule is CC1CN(C)CCC1(c1ccccc1)c1nn[nH][n+]1C. The van der Waals surface area contributed by atoms with E-state index in [0.717, 1.165) is 25.3 Å². The van der Waals surface area contributed by atoms with E-state index >= 15 is 0 Å². The molecule has 1 aliphatic heterocycles. The molecular weight excluding hydrogens is 250 g/mol. The summed E-state index contributed by atoms with van der Waals surface area (Å²) in [4.78, 5) is 2.39. The van der Waals surface area contributed by atoms with E-state index in [0.29, 0.717) is 5.92 Å². The lowest BCUT2D eigenvalue weighted by Crippen LogP contribution is -2.54. The minimum atomic E-state index is -0.0600. The molecule has 1 N–H and O–H groups in total. The van der Waals surface area contributed by atoms with Gasteiger partial charge in [0.05, 0.1) is 12.5 Å². The van der Waals surface area contributed by atoms with Crippen molar-refractivity contribution >= 4 is 0 Å². The molecule has 3 rings (SSSR count). The van der Waals surface area contributed by atoms with Gasteiger partial charge in [-0.1, -0.05) is 42.5 Å². The first-order chi connectivity index (χ1) is 9.64. The van der Waals surface area contributed by atoms with Gasteiger partial charge in [0.15, 0.2) is 5.21 Å². The topological polar surface area (TPSA) is 48.7 Å². The maximum atomic E-state index is 4.40. The highest BCUT2D eigenvalue weighted by atomic mass is 15.5. The number of benzene rings is 1. The van der Waals surface area contributed by atoms with Crippen molar-refractivity contribution in [2.24, 2.45) is 13.0 Å². The molecule has 5 heteroatoms. The molecular formula is C15H22N5+. The number of hydrogen-bond acceptors (Lipinski definition) is 3. The summed E-state index contributed by atoms with van der Waals surface area (Å²) in [6.07, 6.45) is 1.06. The van der Waals surface area contributed by atoms with Crippen LogP contribution in [0.4, 0.5) is 0 Å². The van der Waals surface area contributed by atoms with E-state index < -0.39 is 0 Å². The summed E-state index contributed by atoms with van der Waals surface area (Å²) in [7, 11) is 4.18. The molecule has 5 nitrogen and oxygen atoms in total. The normalized spacial score (nSPS) is 27.6. The van der Waals surface area contributed by atoms with Crippen molar-refractivity contribution in [3.05, 3.63) is 41.7 Å². The fraction of sp³-hybridized carbons (Fsp3) is 0.533. The number of nitrogens with zero attached hydrogens (tertiary/aromatic N) is 4. The number of likely N-dealkylation sites (tertiary alicyclic amines) is 1. The van der Waals surface area contributed by atoms with Crippen LogP contribution in [0.15, 0.2) is 30.3 Å². The van der Waals surface area contributed by atoms with E-state index in [4.69, 9.17) is 0 Å². The number of aromatic nitrogens is 4. The summed E-state index contributed by atoms with van der Waals surface area (Å²) in [5.41, 5.74) is 1.28. The Balaban J connectivity index is 2.16. The van der Waals surface area contributed by atoms with Gasteiger partial charge in [-0.2, -0.15) is 4.68 Å². The Labute approximate surface area is 119 Å². The van der Waals surface area contributed by atoms with Crippen molar-refractivity contribution in [1.82, 2.24) is 20.4 Å². The molecule has 1 aliphatic rings. The number of nitrogens with one attached hydrogen (secondary N) is 1. The molecule has 2 unspecified atom stereocenters. The van der Waals surface area contributed by atoms with Crippen molar-refractivity contribution in [2.45, 2.75) is 18.8 Å². The number of H-pyrrole nitrogens is 1. The number of hydrogen-bond donors (Lipinski definition) is 1. The van der Waals surface area contributed by atoms with Gasteiger partial charge >= 0.3 is 5.82 Å². The molecule has 106 valence electrons. The molecule has 1 fully saturated rings. The average Bonchev–Trinajstić information content (AvgIpc) is 2.87. The van der Waals surface area contributed by atoms with Crippen LogP contribution in [0.25, 0.3) is 0 Å². The molecule has 0 bridgehead atoms. The number of aromatic amines is 1. The Morgan fingerprint density at radius 2 is 2.10 bits per heavy atom. The monoisotopic (exact) mass is 272 g/mol. The van der Waals surface area contributed by atoms with E-state index in [1.807, 2.05) is 11.7 Å². The first-order valence-corrected chi connectivity index (χ1v) is 7.16. The zero-order chi connectivity index (χ0) is 14.2. The lowest BCUT2D eigenvalue weighted by Gasteiger charge is -2.42. The van der Waals surface area contributed by atoms with Crippen LogP contribution in [0.1, 0.15) is 24.7 Å². The van der Waals surface area contributed by atoms with E-state index in [1.165, 1.54) is 5.56 Å². The Kier molecular flexibility index (Phi) is 3.30. The quantitative estimate of drug-likeness (QED) is 0.826. The summed E-state index contributed by atoms with van der Waals surface area (Å²) in [6, 6.07) is 10.7. The van der Waals surface area contributed by atoms with Gasteiger partial charge in [-0.15, -0.1) is 0 Å². The van der Waals surface area contributed by atoms with Gasteiger partial charge < -0.3 is 4.90 Å². The second-order valence-electron chi connectivity index (χ2n) is 5.93. The van der Waals surface area contributed by atoms with Crippen molar-refractivity contribution in [3.8, 4) is 0 Å². The smallest absolute Gasteiger partial charge is 0.306 e. The zero-order valence-corrected chi connectivity index (χ0v) is 12.4. The van der Waals surface area contributed by atoms with Gasteiger partial charge in [0.2, 0.25) is 0 Å². The van der Waals surface area contributed by atoms with Crippen molar-refractivity contribution in [3.63, 3.8) is 0 Å². The highest BCUT2D eigenvalue weighted by molar-refractivity contribution is 5.33. The fourth-order valence-electron chi connectivity index (χ4n) is 3.59. The molecule has 1 aromatic heterocycles. The third-order valence-corrected chi connectivity index (χ3v) is 4.66.